The van der Waals surface area contributed by atoms with Gasteiger partial charge in [0, 0.05) is 12.7 Å². The highest BCUT2D eigenvalue weighted by atomic mass is 28.4. The monoisotopic (exact) mass is 326 g/mol. The number of halogens is 5. The molecule has 7 heteroatoms. The van der Waals surface area contributed by atoms with E-state index >= 15 is 0 Å². The molecule has 0 amide bonds. The van der Waals surface area contributed by atoms with Crippen molar-refractivity contribution in [2.75, 3.05) is 7.11 Å². The van der Waals surface area contributed by atoms with Crippen molar-refractivity contribution >= 4 is 8.32 Å². The second-order valence-corrected chi connectivity index (χ2v) is 9.68. The second-order valence-electron chi connectivity index (χ2n) is 5.00. The van der Waals surface area contributed by atoms with E-state index in [0.717, 1.165) is 12.1 Å². The first-order valence-electron chi connectivity index (χ1n) is 6.89. The molecule has 0 aromatic heterocycles. The van der Waals surface area contributed by atoms with Crippen LogP contribution in [0.3, 0.4) is 0 Å². The van der Waals surface area contributed by atoms with E-state index in [1.54, 1.807) is 7.11 Å². The Bertz CT molecular complexity index is 465. The molecule has 0 aliphatic heterocycles. The summed E-state index contributed by atoms with van der Waals surface area (Å²) in [4.78, 5) is 0. The molecule has 1 nitrogen and oxygen atoms in total. The maximum Gasteiger partial charge on any atom is 0.200 e. The number of rotatable bonds is 7. The lowest BCUT2D eigenvalue weighted by Crippen LogP contribution is -2.35. The van der Waals surface area contributed by atoms with E-state index in [-0.39, 0.29) is 6.42 Å². The Labute approximate surface area is 122 Å². The molecule has 0 unspecified atom stereocenters. The summed E-state index contributed by atoms with van der Waals surface area (Å²) in [5.74, 6) is -9.35. The molecule has 1 rings (SSSR count). The maximum atomic E-state index is 13.5. The summed E-state index contributed by atoms with van der Waals surface area (Å²) in [5.41, 5.74) is -0.738. The Morgan fingerprint density at radius 1 is 0.810 bits per heavy atom. The topological polar surface area (TPSA) is 9.23 Å². The van der Waals surface area contributed by atoms with Gasteiger partial charge in [0.1, 0.15) is 0 Å². The first-order valence-corrected chi connectivity index (χ1v) is 9.42. The zero-order chi connectivity index (χ0) is 16.2. The van der Waals surface area contributed by atoms with Gasteiger partial charge < -0.3 is 4.43 Å². The van der Waals surface area contributed by atoms with Gasteiger partial charge in [0.15, 0.2) is 31.6 Å². The predicted molar refractivity (Wildman–Crippen MR) is 73.1 cm³/mol. The van der Waals surface area contributed by atoms with Crippen molar-refractivity contribution in [3.8, 4) is 0 Å². The van der Waals surface area contributed by atoms with Crippen LogP contribution in [-0.2, 0) is 10.8 Å². The maximum absolute atomic E-state index is 13.5. The van der Waals surface area contributed by atoms with E-state index in [1.807, 2.05) is 13.8 Å². The average molecular weight is 326 g/mol. The van der Waals surface area contributed by atoms with E-state index in [9.17, 15) is 22.0 Å². The van der Waals surface area contributed by atoms with Crippen molar-refractivity contribution in [3.63, 3.8) is 0 Å². The van der Waals surface area contributed by atoms with Crippen molar-refractivity contribution in [1.29, 1.82) is 0 Å². The van der Waals surface area contributed by atoms with E-state index in [4.69, 9.17) is 4.43 Å². The summed E-state index contributed by atoms with van der Waals surface area (Å²) in [6, 6.07) is 2.31. The van der Waals surface area contributed by atoms with Crippen molar-refractivity contribution < 1.29 is 26.4 Å². The van der Waals surface area contributed by atoms with Crippen LogP contribution in [-0.4, -0.2) is 15.4 Å². The highest BCUT2D eigenvalue weighted by Crippen LogP contribution is 2.27. The molecule has 0 atom stereocenters. The molecule has 0 saturated heterocycles. The lowest BCUT2D eigenvalue weighted by Gasteiger charge is -2.27. The molecule has 0 radical (unpaired) electrons. The summed E-state index contributed by atoms with van der Waals surface area (Å²) >= 11 is 0. The molecule has 0 fully saturated rings. The predicted octanol–water partition coefficient (Wildman–Crippen LogP) is 4.95. The minimum atomic E-state index is -2.11. The van der Waals surface area contributed by atoms with Crippen molar-refractivity contribution in [3.05, 3.63) is 34.6 Å². The van der Waals surface area contributed by atoms with Crippen molar-refractivity contribution in [1.82, 2.24) is 0 Å². The number of hydrogen-bond acceptors (Lipinski definition) is 1. The SMILES string of the molecule is CC[Si](CC)(CCCc1c(F)c(F)c(F)c(F)c1F)OC. The summed E-state index contributed by atoms with van der Waals surface area (Å²) in [6.45, 7) is 3.97. The lowest BCUT2D eigenvalue weighted by molar-refractivity contribution is 0.368. The normalized spacial score (nSPS) is 12.0. The van der Waals surface area contributed by atoms with E-state index < -0.39 is 43.0 Å². The summed E-state index contributed by atoms with van der Waals surface area (Å²) in [7, 11) is -0.342. The van der Waals surface area contributed by atoms with Crippen LogP contribution in [0.5, 0.6) is 0 Å². The molecule has 120 valence electrons. The van der Waals surface area contributed by atoms with E-state index in [1.165, 1.54) is 0 Å². The Morgan fingerprint density at radius 3 is 1.62 bits per heavy atom. The molecule has 21 heavy (non-hydrogen) atoms. The van der Waals surface area contributed by atoms with Gasteiger partial charge in [0.25, 0.3) is 0 Å². The van der Waals surface area contributed by atoms with Crippen LogP contribution in [0.25, 0.3) is 0 Å². The summed E-state index contributed by atoms with van der Waals surface area (Å²) < 4.78 is 71.7. The van der Waals surface area contributed by atoms with Crippen LogP contribution in [0.1, 0.15) is 25.8 Å². The van der Waals surface area contributed by atoms with Gasteiger partial charge in [0.05, 0.1) is 0 Å². The fourth-order valence-electron chi connectivity index (χ4n) is 2.45. The zero-order valence-electron chi connectivity index (χ0n) is 12.3. The van der Waals surface area contributed by atoms with E-state index in [0.29, 0.717) is 12.5 Å². The van der Waals surface area contributed by atoms with Gasteiger partial charge in [-0.15, -0.1) is 0 Å². The fourth-order valence-corrected chi connectivity index (χ4v) is 5.26. The van der Waals surface area contributed by atoms with E-state index in [2.05, 4.69) is 0 Å². The molecule has 1 aromatic rings. The molecule has 0 saturated carbocycles. The van der Waals surface area contributed by atoms with Crippen LogP contribution in [0, 0.1) is 29.1 Å². The third kappa shape index (κ3) is 3.63. The second kappa shape index (κ2) is 7.35. The first-order chi connectivity index (χ1) is 9.83. The Balaban J connectivity index is 2.91. The Hall–Kier alpha value is -0.953. The minimum Gasteiger partial charge on any atom is -0.420 e. The van der Waals surface area contributed by atoms with Crippen LogP contribution < -0.4 is 0 Å². The molecule has 0 heterocycles. The smallest absolute Gasteiger partial charge is 0.200 e. The number of hydrogen-bond donors (Lipinski definition) is 0. The van der Waals surface area contributed by atoms with Crippen molar-refractivity contribution in [2.24, 2.45) is 0 Å². The van der Waals surface area contributed by atoms with Crippen LogP contribution in [0.2, 0.25) is 18.1 Å². The zero-order valence-corrected chi connectivity index (χ0v) is 13.3. The Morgan fingerprint density at radius 2 is 1.24 bits per heavy atom. The van der Waals surface area contributed by atoms with Crippen LogP contribution in [0.15, 0.2) is 0 Å². The van der Waals surface area contributed by atoms with Crippen LogP contribution >= 0.6 is 0 Å². The molecular formula is C14H19F5OSi. The van der Waals surface area contributed by atoms with Gasteiger partial charge in [-0.2, -0.15) is 0 Å². The van der Waals surface area contributed by atoms with Gasteiger partial charge in [-0.3, -0.25) is 0 Å². The highest BCUT2D eigenvalue weighted by Gasteiger charge is 2.30. The minimum absolute atomic E-state index is 0.191. The summed E-state index contributed by atoms with van der Waals surface area (Å²) in [5, 5.41) is 0. The molecule has 0 spiro atoms. The van der Waals surface area contributed by atoms with Gasteiger partial charge in [-0.1, -0.05) is 13.8 Å². The highest BCUT2D eigenvalue weighted by molar-refractivity contribution is 6.73. The molecule has 0 aliphatic rings. The first kappa shape index (κ1) is 18.1. The van der Waals surface area contributed by atoms with Gasteiger partial charge in [-0.25, -0.2) is 22.0 Å². The van der Waals surface area contributed by atoms with Crippen molar-refractivity contribution in [2.45, 2.75) is 44.8 Å². The molecular weight excluding hydrogens is 307 g/mol. The molecule has 0 N–H and O–H groups in total. The lowest BCUT2D eigenvalue weighted by atomic mass is 10.1. The fraction of sp³-hybridized carbons (Fsp3) is 0.571. The molecule has 1 aromatic carbocycles. The van der Waals surface area contributed by atoms with Gasteiger partial charge in [0.2, 0.25) is 5.82 Å². The van der Waals surface area contributed by atoms with Crippen LogP contribution in [0.4, 0.5) is 22.0 Å². The molecule has 0 aliphatic carbocycles. The molecule has 0 bridgehead atoms. The number of benzene rings is 1. The average Bonchev–Trinajstić information content (AvgIpc) is 2.51. The van der Waals surface area contributed by atoms with Gasteiger partial charge in [-0.05, 0) is 31.0 Å². The van der Waals surface area contributed by atoms with Gasteiger partial charge >= 0.3 is 0 Å². The summed E-state index contributed by atoms with van der Waals surface area (Å²) in [6.07, 6.45) is 0.143. The quantitative estimate of drug-likeness (QED) is 0.298. The largest absolute Gasteiger partial charge is 0.420 e. The standard InChI is InChI=1S/C14H19F5OSi/c1-4-21(5-2,20-3)8-6-7-9-10(15)12(17)14(19)13(18)11(9)16/h4-8H2,1-3H3. The Kier molecular flexibility index (Phi) is 6.34. The third-order valence-electron chi connectivity index (χ3n) is 4.08. The third-order valence-corrected chi connectivity index (χ3v) is 8.79.